The summed E-state index contributed by atoms with van der Waals surface area (Å²) < 4.78 is 27.4. The van der Waals surface area contributed by atoms with Crippen LogP contribution in [0.5, 0.6) is 17.2 Å². The molecule has 36 heavy (non-hydrogen) atoms. The van der Waals surface area contributed by atoms with Crippen molar-refractivity contribution in [2.24, 2.45) is 4.99 Å². The molecule has 0 spiro atoms. The topological polar surface area (TPSA) is 130 Å². The summed E-state index contributed by atoms with van der Waals surface area (Å²) in [5.41, 5.74) is 0.138. The van der Waals surface area contributed by atoms with Crippen LogP contribution < -0.4 is 19.1 Å². The molecule has 3 rings (SSSR count). The van der Waals surface area contributed by atoms with Crippen LogP contribution in [-0.4, -0.2) is 42.0 Å². The summed E-state index contributed by atoms with van der Waals surface area (Å²) in [6.45, 7) is 8.29. The predicted molar refractivity (Wildman–Crippen MR) is 127 cm³/mol. The van der Waals surface area contributed by atoms with E-state index in [1.165, 1.54) is 30.9 Å². The normalized spacial score (nSPS) is 14.8. The minimum atomic E-state index is -0.773. The molecular weight excluding hydrogens is 472 g/mol. The van der Waals surface area contributed by atoms with Gasteiger partial charge in [0.05, 0.1) is 11.4 Å². The lowest BCUT2D eigenvalue weighted by atomic mass is 10.1. The Morgan fingerprint density at radius 3 is 2.39 bits per heavy atom. The van der Waals surface area contributed by atoms with E-state index in [9.17, 15) is 19.2 Å². The number of carbonyl (C=O) groups is 4. The van der Waals surface area contributed by atoms with Crippen molar-refractivity contribution in [1.82, 2.24) is 0 Å². The smallest absolute Gasteiger partial charge is 0.397 e. The number of fused-ring (bicyclic) bond motifs is 1. The lowest BCUT2D eigenvalue weighted by molar-refractivity contribution is -0.153. The fourth-order valence-corrected chi connectivity index (χ4v) is 3.46. The first-order chi connectivity index (χ1) is 16.9. The van der Waals surface area contributed by atoms with Crippen LogP contribution in [0.15, 0.2) is 40.7 Å². The standard InChI is InChI=1S/C25H28N2O9/c1-14(28)27-17-9-7-8-10-19(17)34-22-18(27)11-12-20(32-15(2)29)23(22)35-24(33-16(3)30)26-13-21(31)36-25(4,5)6/h7,9,11-12H,8,10,13H2,1-6H3. The van der Waals surface area contributed by atoms with E-state index < -0.39 is 36.1 Å². The number of esters is 3. The summed E-state index contributed by atoms with van der Waals surface area (Å²) in [6, 6.07) is 2.95. The Labute approximate surface area is 208 Å². The van der Waals surface area contributed by atoms with Gasteiger partial charge in [-0.1, -0.05) is 6.08 Å². The number of allylic oxidation sites excluding steroid dienone is 3. The molecule has 0 radical (unpaired) electrons. The molecule has 192 valence electrons. The Kier molecular flexibility index (Phi) is 7.81. The largest absolute Gasteiger partial charge is 0.459 e. The molecule has 0 saturated heterocycles. The number of hydrogen-bond acceptors (Lipinski definition) is 10. The SMILES string of the molecule is CC(=O)OC(=NCC(=O)OC(C)(C)C)Oc1c(OC(C)=O)ccc2c1OC1=C(C=CCC1)N2C(C)=O. The van der Waals surface area contributed by atoms with Crippen LogP contribution >= 0.6 is 0 Å². The summed E-state index contributed by atoms with van der Waals surface area (Å²) in [5.74, 6) is -2.08. The predicted octanol–water partition coefficient (Wildman–Crippen LogP) is 3.56. The van der Waals surface area contributed by atoms with E-state index in [2.05, 4.69) is 4.99 Å². The number of benzene rings is 1. The van der Waals surface area contributed by atoms with Gasteiger partial charge in [0, 0.05) is 27.2 Å². The first-order valence-electron chi connectivity index (χ1n) is 11.2. The second-order valence-electron chi connectivity index (χ2n) is 8.90. The molecule has 11 nitrogen and oxygen atoms in total. The number of hydrogen-bond donors (Lipinski definition) is 0. The van der Waals surface area contributed by atoms with Crippen LogP contribution in [0.1, 0.15) is 54.4 Å². The minimum Gasteiger partial charge on any atom is -0.459 e. The molecule has 1 heterocycles. The highest BCUT2D eigenvalue weighted by atomic mass is 16.7. The van der Waals surface area contributed by atoms with E-state index in [1.54, 1.807) is 26.8 Å². The van der Waals surface area contributed by atoms with Gasteiger partial charge in [0.1, 0.15) is 17.9 Å². The highest BCUT2D eigenvalue weighted by molar-refractivity contribution is 5.99. The van der Waals surface area contributed by atoms with Gasteiger partial charge in [-0.15, -0.1) is 0 Å². The van der Waals surface area contributed by atoms with E-state index >= 15 is 0 Å². The Hall–Kier alpha value is -4.15. The molecule has 1 aliphatic heterocycles. The average molecular weight is 501 g/mol. The summed E-state index contributed by atoms with van der Waals surface area (Å²) in [6.07, 6.45) is 4.31. The molecule has 0 unspecified atom stereocenters. The van der Waals surface area contributed by atoms with Crippen LogP contribution in [0.2, 0.25) is 0 Å². The molecule has 11 heteroatoms. The molecular formula is C25H28N2O9. The third-order valence-electron chi connectivity index (χ3n) is 4.61. The lowest BCUT2D eigenvalue weighted by Crippen LogP contribution is -2.33. The third-order valence-corrected chi connectivity index (χ3v) is 4.61. The lowest BCUT2D eigenvalue weighted by Gasteiger charge is -2.34. The van der Waals surface area contributed by atoms with Gasteiger partial charge < -0.3 is 23.7 Å². The monoisotopic (exact) mass is 500 g/mol. The molecule has 0 aromatic heterocycles. The molecule has 1 aromatic rings. The van der Waals surface area contributed by atoms with Gasteiger partial charge in [0.2, 0.25) is 11.7 Å². The van der Waals surface area contributed by atoms with Crippen molar-refractivity contribution in [2.75, 3.05) is 11.4 Å². The van der Waals surface area contributed by atoms with Gasteiger partial charge in [-0.3, -0.25) is 24.1 Å². The number of rotatable bonds is 4. The Morgan fingerprint density at radius 1 is 1.06 bits per heavy atom. The fraction of sp³-hybridized carbons (Fsp3) is 0.400. The Morgan fingerprint density at radius 2 is 1.78 bits per heavy atom. The minimum absolute atomic E-state index is 0.0510. The molecule has 1 amide bonds. The summed E-state index contributed by atoms with van der Waals surface area (Å²) in [4.78, 5) is 53.6. The highest BCUT2D eigenvalue weighted by Gasteiger charge is 2.34. The van der Waals surface area contributed by atoms with Gasteiger partial charge in [0.15, 0.2) is 11.5 Å². The maximum atomic E-state index is 12.6. The molecule has 0 fully saturated rings. The van der Waals surface area contributed by atoms with Gasteiger partial charge in [-0.05, 0) is 45.4 Å². The Balaban J connectivity index is 2.08. The second kappa shape index (κ2) is 10.6. The van der Waals surface area contributed by atoms with Crippen molar-refractivity contribution >= 4 is 35.6 Å². The average Bonchev–Trinajstić information content (AvgIpc) is 2.75. The summed E-state index contributed by atoms with van der Waals surface area (Å²) >= 11 is 0. The molecule has 2 aliphatic rings. The maximum Gasteiger partial charge on any atom is 0.397 e. The number of ether oxygens (including phenoxy) is 5. The Bertz CT molecular complexity index is 1190. The zero-order valence-electron chi connectivity index (χ0n) is 21.0. The molecule has 0 saturated carbocycles. The van der Waals surface area contributed by atoms with E-state index in [0.717, 1.165) is 6.92 Å². The zero-order valence-corrected chi connectivity index (χ0v) is 21.0. The second-order valence-corrected chi connectivity index (χ2v) is 8.90. The van der Waals surface area contributed by atoms with Crippen molar-refractivity contribution in [3.05, 3.63) is 35.7 Å². The van der Waals surface area contributed by atoms with E-state index in [4.69, 9.17) is 23.7 Å². The number of carbonyl (C=O) groups excluding carboxylic acids is 4. The summed E-state index contributed by atoms with van der Waals surface area (Å²) in [7, 11) is 0. The van der Waals surface area contributed by atoms with Gasteiger partial charge >= 0.3 is 24.0 Å². The van der Waals surface area contributed by atoms with E-state index in [0.29, 0.717) is 30.0 Å². The van der Waals surface area contributed by atoms with Crippen LogP contribution in [0.25, 0.3) is 0 Å². The van der Waals surface area contributed by atoms with Crippen LogP contribution in [0.3, 0.4) is 0 Å². The third kappa shape index (κ3) is 6.49. The van der Waals surface area contributed by atoms with Crippen LogP contribution in [0.4, 0.5) is 5.69 Å². The van der Waals surface area contributed by atoms with Crippen molar-refractivity contribution in [3.8, 4) is 17.2 Å². The number of amides is 1. The number of anilines is 1. The molecule has 1 aromatic carbocycles. The van der Waals surface area contributed by atoms with Gasteiger partial charge in [0.25, 0.3) is 0 Å². The van der Waals surface area contributed by atoms with Crippen molar-refractivity contribution in [3.63, 3.8) is 0 Å². The van der Waals surface area contributed by atoms with Gasteiger partial charge in [-0.25, -0.2) is 4.99 Å². The van der Waals surface area contributed by atoms with Gasteiger partial charge in [-0.2, -0.15) is 0 Å². The first kappa shape index (κ1) is 26.5. The first-order valence-corrected chi connectivity index (χ1v) is 11.2. The van der Waals surface area contributed by atoms with Crippen molar-refractivity contribution < 1.29 is 42.9 Å². The quantitative estimate of drug-likeness (QED) is 0.264. The summed E-state index contributed by atoms with van der Waals surface area (Å²) in [5, 5.41) is 0. The molecule has 0 atom stereocenters. The number of aliphatic imine (C=N–C) groups is 1. The van der Waals surface area contributed by atoms with E-state index in [-0.39, 0.29) is 23.2 Å². The fourth-order valence-electron chi connectivity index (χ4n) is 3.46. The van der Waals surface area contributed by atoms with E-state index in [1.807, 2.05) is 6.08 Å². The van der Waals surface area contributed by atoms with Crippen molar-refractivity contribution in [2.45, 2.75) is 60.0 Å². The number of nitrogens with zero attached hydrogens (tertiary/aromatic N) is 2. The highest BCUT2D eigenvalue weighted by Crippen LogP contribution is 2.50. The molecule has 0 N–H and O–H groups in total. The zero-order chi connectivity index (χ0) is 26.6. The van der Waals surface area contributed by atoms with Crippen molar-refractivity contribution in [1.29, 1.82) is 0 Å². The van der Waals surface area contributed by atoms with Crippen LogP contribution in [0, 0.1) is 0 Å². The molecule has 0 bridgehead atoms. The molecule has 1 aliphatic carbocycles. The maximum absolute atomic E-state index is 12.6. The van der Waals surface area contributed by atoms with Crippen LogP contribution in [-0.2, 0) is 28.7 Å².